The Bertz CT molecular complexity index is 738. The summed E-state index contributed by atoms with van der Waals surface area (Å²) in [5.74, 6) is 0.704. The molecule has 1 atom stereocenters. The van der Waals surface area contributed by atoms with Crippen molar-refractivity contribution < 1.29 is 9.53 Å². The van der Waals surface area contributed by atoms with E-state index in [1.807, 2.05) is 19.9 Å². The monoisotopic (exact) mass is 324 g/mol. The fourth-order valence-electron chi connectivity index (χ4n) is 3.09. The van der Waals surface area contributed by atoms with Crippen molar-refractivity contribution in [2.24, 2.45) is 0 Å². The highest BCUT2D eigenvalue weighted by molar-refractivity contribution is 6.01. The third-order valence-corrected chi connectivity index (χ3v) is 4.39. The maximum Gasteiger partial charge on any atom is 0.268 e. The minimum absolute atomic E-state index is 0.0114. The molecule has 126 valence electrons. The van der Waals surface area contributed by atoms with Crippen molar-refractivity contribution in [1.82, 2.24) is 0 Å². The van der Waals surface area contributed by atoms with Crippen LogP contribution in [0.3, 0.4) is 0 Å². The van der Waals surface area contributed by atoms with Crippen LogP contribution >= 0.6 is 0 Å². The first-order valence-electron chi connectivity index (χ1n) is 8.46. The first kappa shape index (κ1) is 16.4. The van der Waals surface area contributed by atoms with Gasteiger partial charge in [0.2, 0.25) is 0 Å². The molecule has 2 aromatic carbocycles. The number of hydrogen-bond acceptors (Lipinski definition) is 3. The van der Waals surface area contributed by atoms with Crippen LogP contribution in [0.4, 0.5) is 11.4 Å². The van der Waals surface area contributed by atoms with Crippen molar-refractivity contribution in [1.29, 1.82) is 0 Å². The van der Waals surface area contributed by atoms with Crippen molar-refractivity contribution in [3.05, 3.63) is 53.6 Å². The standard InChI is InChI=1S/C20H24N2O2/c1-4-14-5-7-15(8-6-14)11-19-20(23)22(13(2)3)17-12-16(21)9-10-18(17)24-19/h5-10,12-13,19H,4,11,21H2,1-3H3. The number of carbonyl (C=O) groups is 1. The summed E-state index contributed by atoms with van der Waals surface area (Å²) in [5.41, 5.74) is 9.66. The summed E-state index contributed by atoms with van der Waals surface area (Å²) in [6.07, 6.45) is 1.07. The Hall–Kier alpha value is -2.49. The molecule has 1 aliphatic heterocycles. The summed E-state index contributed by atoms with van der Waals surface area (Å²) in [4.78, 5) is 14.7. The van der Waals surface area contributed by atoms with Gasteiger partial charge in [-0.1, -0.05) is 31.2 Å². The van der Waals surface area contributed by atoms with Gasteiger partial charge in [0.25, 0.3) is 5.91 Å². The Morgan fingerprint density at radius 2 is 1.79 bits per heavy atom. The van der Waals surface area contributed by atoms with Crippen LogP contribution in [0, 0.1) is 0 Å². The molecule has 4 nitrogen and oxygen atoms in total. The molecule has 4 heteroatoms. The van der Waals surface area contributed by atoms with Gasteiger partial charge in [0, 0.05) is 18.2 Å². The van der Waals surface area contributed by atoms with E-state index in [1.165, 1.54) is 5.56 Å². The number of fused-ring (bicyclic) bond motifs is 1. The minimum Gasteiger partial charge on any atom is -0.478 e. The zero-order chi connectivity index (χ0) is 17.3. The number of rotatable bonds is 4. The first-order chi connectivity index (χ1) is 11.5. The molecule has 0 aliphatic carbocycles. The van der Waals surface area contributed by atoms with Crippen LogP contribution in [0.25, 0.3) is 0 Å². The number of hydrogen-bond donors (Lipinski definition) is 1. The number of anilines is 2. The molecule has 1 unspecified atom stereocenters. The molecule has 24 heavy (non-hydrogen) atoms. The Morgan fingerprint density at radius 3 is 2.42 bits per heavy atom. The van der Waals surface area contributed by atoms with Gasteiger partial charge < -0.3 is 15.4 Å². The number of ether oxygens (including phenoxy) is 1. The molecule has 0 fully saturated rings. The molecule has 0 saturated heterocycles. The van der Waals surface area contributed by atoms with Gasteiger partial charge in [-0.3, -0.25) is 4.79 Å². The third-order valence-electron chi connectivity index (χ3n) is 4.39. The number of amides is 1. The number of nitrogens with two attached hydrogens (primary N) is 1. The summed E-state index contributed by atoms with van der Waals surface area (Å²) < 4.78 is 5.99. The Kier molecular flexibility index (Phi) is 4.47. The lowest BCUT2D eigenvalue weighted by Crippen LogP contribution is -2.50. The molecule has 1 amide bonds. The molecule has 0 spiro atoms. The maximum absolute atomic E-state index is 12.9. The predicted octanol–water partition coefficient (Wildman–Crippen LogP) is 3.58. The van der Waals surface area contributed by atoms with E-state index >= 15 is 0 Å². The fraction of sp³-hybridized carbons (Fsp3) is 0.350. The van der Waals surface area contributed by atoms with Crippen molar-refractivity contribution in [2.45, 2.75) is 45.8 Å². The van der Waals surface area contributed by atoms with Crippen molar-refractivity contribution in [3.8, 4) is 5.75 Å². The Labute approximate surface area is 143 Å². The normalized spacial score (nSPS) is 16.9. The second-order valence-corrected chi connectivity index (χ2v) is 6.51. The van der Waals surface area contributed by atoms with E-state index in [-0.39, 0.29) is 11.9 Å². The van der Waals surface area contributed by atoms with Gasteiger partial charge >= 0.3 is 0 Å². The van der Waals surface area contributed by atoms with Crippen LogP contribution in [0.1, 0.15) is 31.9 Å². The molecular formula is C20H24N2O2. The smallest absolute Gasteiger partial charge is 0.268 e. The number of nitrogens with zero attached hydrogens (tertiary/aromatic N) is 1. The van der Waals surface area contributed by atoms with Crippen LogP contribution in [-0.4, -0.2) is 18.1 Å². The third kappa shape index (κ3) is 3.09. The summed E-state index contributed by atoms with van der Waals surface area (Å²) in [5, 5.41) is 0. The average molecular weight is 324 g/mol. The van der Waals surface area contributed by atoms with E-state index < -0.39 is 6.10 Å². The zero-order valence-electron chi connectivity index (χ0n) is 14.5. The molecule has 1 heterocycles. The van der Waals surface area contributed by atoms with Crippen molar-refractivity contribution in [2.75, 3.05) is 10.6 Å². The van der Waals surface area contributed by atoms with Gasteiger partial charge in [-0.15, -0.1) is 0 Å². The fourth-order valence-corrected chi connectivity index (χ4v) is 3.09. The minimum atomic E-state index is -0.504. The SMILES string of the molecule is CCc1ccc(CC2Oc3ccc(N)cc3N(C(C)C)C2=O)cc1. The predicted molar refractivity (Wildman–Crippen MR) is 97.4 cm³/mol. The lowest BCUT2D eigenvalue weighted by atomic mass is 10.0. The summed E-state index contributed by atoms with van der Waals surface area (Å²) in [7, 11) is 0. The zero-order valence-corrected chi connectivity index (χ0v) is 14.5. The van der Waals surface area contributed by atoms with E-state index in [9.17, 15) is 4.79 Å². The van der Waals surface area contributed by atoms with Crippen molar-refractivity contribution in [3.63, 3.8) is 0 Å². The molecule has 2 N–H and O–H groups in total. The first-order valence-corrected chi connectivity index (χ1v) is 8.46. The average Bonchev–Trinajstić information content (AvgIpc) is 2.56. The van der Waals surface area contributed by atoms with Crippen LogP contribution in [-0.2, 0) is 17.6 Å². The topological polar surface area (TPSA) is 55.6 Å². The van der Waals surface area contributed by atoms with E-state index in [2.05, 4.69) is 31.2 Å². The number of nitrogen functional groups attached to an aromatic ring is 1. The summed E-state index contributed by atoms with van der Waals surface area (Å²) >= 11 is 0. The van der Waals surface area contributed by atoms with Gasteiger partial charge in [0.05, 0.1) is 5.69 Å². The van der Waals surface area contributed by atoms with E-state index in [4.69, 9.17) is 10.5 Å². The number of carbonyl (C=O) groups excluding carboxylic acids is 1. The van der Waals surface area contributed by atoms with Gasteiger partial charge in [0.1, 0.15) is 5.75 Å². The number of benzene rings is 2. The Morgan fingerprint density at radius 1 is 1.12 bits per heavy atom. The highest BCUT2D eigenvalue weighted by Gasteiger charge is 2.35. The molecule has 0 radical (unpaired) electrons. The summed E-state index contributed by atoms with van der Waals surface area (Å²) in [6, 6.07) is 13.9. The second-order valence-electron chi connectivity index (χ2n) is 6.51. The molecule has 2 aromatic rings. The van der Waals surface area contributed by atoms with Gasteiger partial charge in [-0.05, 0) is 49.6 Å². The molecule has 1 aliphatic rings. The van der Waals surface area contributed by atoms with Gasteiger partial charge in [-0.25, -0.2) is 0 Å². The van der Waals surface area contributed by atoms with Crippen LogP contribution in [0.5, 0.6) is 5.75 Å². The quantitative estimate of drug-likeness (QED) is 0.875. The molecular weight excluding hydrogens is 300 g/mol. The van der Waals surface area contributed by atoms with Gasteiger partial charge in [-0.2, -0.15) is 0 Å². The summed E-state index contributed by atoms with van der Waals surface area (Å²) in [6.45, 7) is 6.14. The van der Waals surface area contributed by atoms with Crippen LogP contribution in [0.15, 0.2) is 42.5 Å². The second kappa shape index (κ2) is 6.56. The maximum atomic E-state index is 12.9. The lowest BCUT2D eigenvalue weighted by molar-refractivity contribution is -0.126. The largest absolute Gasteiger partial charge is 0.478 e. The molecule has 0 aromatic heterocycles. The molecule has 0 saturated carbocycles. The van der Waals surface area contributed by atoms with Crippen LogP contribution in [0.2, 0.25) is 0 Å². The van der Waals surface area contributed by atoms with E-state index in [0.29, 0.717) is 17.9 Å². The van der Waals surface area contributed by atoms with Crippen LogP contribution < -0.4 is 15.4 Å². The van der Waals surface area contributed by atoms with E-state index in [0.717, 1.165) is 17.7 Å². The Balaban J connectivity index is 1.89. The van der Waals surface area contributed by atoms with Gasteiger partial charge in [0.15, 0.2) is 6.10 Å². The molecule has 3 rings (SSSR count). The lowest BCUT2D eigenvalue weighted by Gasteiger charge is -2.37. The number of aryl methyl sites for hydroxylation is 1. The van der Waals surface area contributed by atoms with Crippen molar-refractivity contribution >= 4 is 17.3 Å². The highest BCUT2D eigenvalue weighted by atomic mass is 16.5. The highest BCUT2D eigenvalue weighted by Crippen LogP contribution is 2.37. The van der Waals surface area contributed by atoms with E-state index in [1.54, 1.807) is 17.0 Å². The molecule has 0 bridgehead atoms.